The molecule has 0 aliphatic rings. The lowest BCUT2D eigenvalue weighted by Crippen LogP contribution is -2.34. The van der Waals surface area contributed by atoms with Gasteiger partial charge in [-0.1, -0.05) is 6.07 Å². The summed E-state index contributed by atoms with van der Waals surface area (Å²) in [6.07, 6.45) is 1.63. The molecule has 0 atom stereocenters. The van der Waals surface area contributed by atoms with Crippen LogP contribution in [0.4, 0.5) is 11.4 Å². The number of hydrogen-bond acceptors (Lipinski definition) is 8. The lowest BCUT2D eigenvalue weighted by atomic mass is 10.1. The van der Waals surface area contributed by atoms with Crippen LogP contribution in [0.5, 0.6) is 5.75 Å². The predicted octanol–water partition coefficient (Wildman–Crippen LogP) is 4.24. The van der Waals surface area contributed by atoms with E-state index in [9.17, 15) is 14.9 Å². The number of carbonyl (C=O) groups is 1. The molecule has 4 rings (SSSR count). The summed E-state index contributed by atoms with van der Waals surface area (Å²) in [6.45, 7) is 1.87. The molecule has 0 aliphatic heterocycles. The molecule has 0 bridgehead atoms. The van der Waals surface area contributed by atoms with Gasteiger partial charge in [0.1, 0.15) is 0 Å². The molecular weight excluding hydrogens is 446 g/mol. The fraction of sp³-hybridized carbons (Fsp3) is 0.0909. The molecule has 0 radical (unpaired) electrons. The highest BCUT2D eigenvalue weighted by Gasteiger charge is 2.19. The lowest BCUT2D eigenvalue weighted by Gasteiger charge is -2.13. The van der Waals surface area contributed by atoms with Crippen LogP contribution >= 0.6 is 12.2 Å². The average molecular weight is 463 g/mol. The number of amides is 1. The molecule has 2 aromatic heterocycles. The molecular formula is C22H17N5O5S. The van der Waals surface area contributed by atoms with E-state index in [-0.39, 0.29) is 22.1 Å². The summed E-state index contributed by atoms with van der Waals surface area (Å²) in [5.74, 6) is -0.150. The van der Waals surface area contributed by atoms with Crippen LogP contribution in [0.1, 0.15) is 15.9 Å². The van der Waals surface area contributed by atoms with E-state index in [0.717, 1.165) is 11.6 Å². The maximum atomic E-state index is 12.6. The van der Waals surface area contributed by atoms with Crippen LogP contribution in [-0.2, 0) is 0 Å². The van der Waals surface area contributed by atoms with Crippen LogP contribution in [-0.4, -0.2) is 33.0 Å². The Kier molecular flexibility index (Phi) is 5.96. The number of aromatic nitrogens is 2. The highest BCUT2D eigenvalue weighted by atomic mass is 32.1. The van der Waals surface area contributed by atoms with Gasteiger partial charge in [-0.3, -0.25) is 20.2 Å². The van der Waals surface area contributed by atoms with Crippen molar-refractivity contribution < 1.29 is 18.9 Å². The van der Waals surface area contributed by atoms with Gasteiger partial charge in [0.05, 0.1) is 12.0 Å². The summed E-state index contributed by atoms with van der Waals surface area (Å²) < 4.78 is 10.7. The zero-order chi connectivity index (χ0) is 23.5. The van der Waals surface area contributed by atoms with Crippen molar-refractivity contribution >= 4 is 45.8 Å². The first-order valence-corrected chi connectivity index (χ1v) is 10.0. The highest BCUT2D eigenvalue weighted by molar-refractivity contribution is 7.80. The number of pyridine rings is 1. The average Bonchev–Trinajstić information content (AvgIpc) is 3.24. The number of carbonyl (C=O) groups excluding carboxylic acids is 1. The number of benzene rings is 2. The normalized spacial score (nSPS) is 10.6. The zero-order valence-corrected chi connectivity index (χ0v) is 18.3. The van der Waals surface area contributed by atoms with Crippen molar-refractivity contribution in [3.63, 3.8) is 0 Å². The van der Waals surface area contributed by atoms with Crippen molar-refractivity contribution in [1.82, 2.24) is 15.3 Å². The summed E-state index contributed by atoms with van der Waals surface area (Å²) in [6, 6.07) is 12.9. The number of nitrogens with one attached hydrogen (secondary N) is 2. The maximum Gasteiger partial charge on any atom is 0.311 e. The van der Waals surface area contributed by atoms with Gasteiger partial charge in [0.2, 0.25) is 5.89 Å². The molecule has 0 aliphatic carbocycles. The number of anilines is 1. The minimum Gasteiger partial charge on any atom is -0.490 e. The maximum absolute atomic E-state index is 12.6. The Morgan fingerprint density at radius 1 is 1.21 bits per heavy atom. The molecule has 2 heterocycles. The van der Waals surface area contributed by atoms with Crippen molar-refractivity contribution in [2.75, 3.05) is 12.4 Å². The number of oxazole rings is 1. The summed E-state index contributed by atoms with van der Waals surface area (Å²) >= 11 is 5.27. The number of rotatable bonds is 5. The molecule has 0 spiro atoms. The number of nitro groups is 1. The fourth-order valence-corrected chi connectivity index (χ4v) is 3.29. The third-order valence-corrected chi connectivity index (χ3v) is 4.97. The number of methoxy groups -OCH3 is 1. The molecule has 11 heteroatoms. The van der Waals surface area contributed by atoms with Crippen LogP contribution in [0.25, 0.3) is 22.7 Å². The number of nitrogens with zero attached hydrogens (tertiary/aromatic N) is 3. The number of ether oxygens (including phenoxy) is 1. The first-order valence-electron chi connectivity index (χ1n) is 9.63. The fourth-order valence-electron chi connectivity index (χ4n) is 3.08. The first-order chi connectivity index (χ1) is 15.9. The van der Waals surface area contributed by atoms with Crippen LogP contribution < -0.4 is 15.4 Å². The van der Waals surface area contributed by atoms with Crippen LogP contribution in [0.15, 0.2) is 59.1 Å². The smallest absolute Gasteiger partial charge is 0.311 e. The Hall–Kier alpha value is -4.38. The van der Waals surface area contributed by atoms with Gasteiger partial charge in [-0.2, -0.15) is 4.98 Å². The number of aryl methyl sites for hydroxylation is 1. The van der Waals surface area contributed by atoms with Crippen molar-refractivity contribution in [2.45, 2.75) is 6.92 Å². The zero-order valence-electron chi connectivity index (χ0n) is 17.5. The monoisotopic (exact) mass is 463 g/mol. The lowest BCUT2D eigenvalue weighted by molar-refractivity contribution is -0.385. The summed E-state index contributed by atoms with van der Waals surface area (Å²) in [5.41, 5.74) is 3.01. The second kappa shape index (κ2) is 9.01. The first kappa shape index (κ1) is 21.8. The standard InChI is InChI=1S/C22H17N5O5S/c1-12-5-6-14(21-25-19-18(32-21)4-3-9-23-19)10-15(12)24-22(33)26-20(28)13-7-8-17(31-2)16(11-13)27(29)30/h3-11H,1-2H3,(H2,24,26,28,33). The molecule has 10 nitrogen and oxygen atoms in total. The Balaban J connectivity index is 1.51. The molecule has 2 aromatic carbocycles. The van der Waals surface area contributed by atoms with Crippen molar-refractivity contribution in [2.24, 2.45) is 0 Å². The molecule has 33 heavy (non-hydrogen) atoms. The largest absolute Gasteiger partial charge is 0.490 e. The summed E-state index contributed by atoms with van der Waals surface area (Å²) in [7, 11) is 1.31. The Morgan fingerprint density at radius 2 is 2.03 bits per heavy atom. The van der Waals surface area contributed by atoms with E-state index in [1.807, 2.05) is 19.1 Å². The van der Waals surface area contributed by atoms with Gasteiger partial charge in [0.15, 0.2) is 22.1 Å². The molecule has 0 saturated heterocycles. The van der Waals surface area contributed by atoms with E-state index in [2.05, 4.69) is 20.6 Å². The number of nitro benzene ring substituents is 1. The second-order valence-corrected chi connectivity index (χ2v) is 7.33. The quantitative estimate of drug-likeness (QED) is 0.253. The van der Waals surface area contributed by atoms with E-state index in [4.69, 9.17) is 21.4 Å². The predicted molar refractivity (Wildman–Crippen MR) is 125 cm³/mol. The van der Waals surface area contributed by atoms with Crippen LogP contribution in [0.2, 0.25) is 0 Å². The summed E-state index contributed by atoms with van der Waals surface area (Å²) in [4.78, 5) is 31.7. The Bertz CT molecular complexity index is 1370. The molecule has 0 fully saturated rings. The van der Waals surface area contributed by atoms with Gasteiger partial charge in [-0.05, 0) is 61.1 Å². The van der Waals surface area contributed by atoms with E-state index in [1.165, 1.54) is 19.2 Å². The van der Waals surface area contributed by atoms with Crippen molar-refractivity contribution in [3.8, 4) is 17.2 Å². The number of thiocarbonyl (C=S) groups is 1. The van der Waals surface area contributed by atoms with Crippen LogP contribution in [0.3, 0.4) is 0 Å². The van der Waals surface area contributed by atoms with Crippen molar-refractivity contribution in [3.05, 3.63) is 76.0 Å². The van der Waals surface area contributed by atoms with E-state index in [0.29, 0.717) is 28.4 Å². The SMILES string of the molecule is COc1ccc(C(=O)NC(=S)Nc2cc(-c3nc4ncccc4o3)ccc2C)cc1[N+](=O)[O-]. The third-order valence-electron chi connectivity index (χ3n) is 4.76. The van der Waals surface area contributed by atoms with E-state index in [1.54, 1.807) is 24.4 Å². The molecule has 0 saturated carbocycles. The Morgan fingerprint density at radius 3 is 2.76 bits per heavy atom. The van der Waals surface area contributed by atoms with Gasteiger partial charge >= 0.3 is 5.69 Å². The minimum atomic E-state index is -0.622. The van der Waals surface area contributed by atoms with Gasteiger partial charge in [-0.15, -0.1) is 0 Å². The van der Waals surface area contributed by atoms with Gasteiger partial charge < -0.3 is 14.5 Å². The summed E-state index contributed by atoms with van der Waals surface area (Å²) in [5, 5.41) is 16.7. The number of fused-ring (bicyclic) bond motifs is 1. The third kappa shape index (κ3) is 4.62. The topological polar surface area (TPSA) is 132 Å². The molecule has 4 aromatic rings. The molecule has 2 N–H and O–H groups in total. The van der Waals surface area contributed by atoms with Gasteiger partial charge in [-0.25, -0.2) is 4.98 Å². The van der Waals surface area contributed by atoms with Crippen molar-refractivity contribution in [1.29, 1.82) is 0 Å². The highest BCUT2D eigenvalue weighted by Crippen LogP contribution is 2.28. The minimum absolute atomic E-state index is 0.0259. The molecule has 166 valence electrons. The van der Waals surface area contributed by atoms with Gasteiger partial charge in [0.25, 0.3) is 5.91 Å². The number of hydrogen-bond donors (Lipinski definition) is 2. The van der Waals surface area contributed by atoms with E-state index < -0.39 is 10.8 Å². The van der Waals surface area contributed by atoms with Crippen LogP contribution in [0, 0.1) is 17.0 Å². The Labute approximate surface area is 192 Å². The second-order valence-electron chi connectivity index (χ2n) is 6.93. The van der Waals surface area contributed by atoms with Gasteiger partial charge in [0, 0.05) is 29.1 Å². The molecule has 1 amide bonds. The molecule has 0 unspecified atom stereocenters. The van der Waals surface area contributed by atoms with E-state index >= 15 is 0 Å².